The quantitative estimate of drug-likeness (QED) is 0.473. The van der Waals surface area contributed by atoms with Gasteiger partial charge >= 0.3 is 5.97 Å². The summed E-state index contributed by atoms with van der Waals surface area (Å²) in [5.74, 6) is 1.39. The third-order valence-electron chi connectivity index (χ3n) is 6.53. The highest BCUT2D eigenvalue weighted by molar-refractivity contribution is 7.81. The Balaban J connectivity index is 1.84. The summed E-state index contributed by atoms with van der Waals surface area (Å²) < 4.78 is 5.76. The number of rotatable bonds is 4. The van der Waals surface area contributed by atoms with Crippen molar-refractivity contribution in [3.8, 4) is 0 Å². The largest absolute Gasteiger partial charge is 0.459 e. The maximum absolute atomic E-state index is 11.9. The number of ether oxygens (including phenoxy) is 1. The van der Waals surface area contributed by atoms with Crippen molar-refractivity contribution in [2.24, 2.45) is 22.7 Å². The second kappa shape index (κ2) is 5.04. The SMILES string of the molecule is C=C(C)C(=O)OC(C)C12CC3CC(CC(C(C)S)(C3)C1)C2. The lowest BCUT2D eigenvalue weighted by atomic mass is 9.42. The van der Waals surface area contributed by atoms with Crippen LogP contribution in [-0.4, -0.2) is 17.3 Å². The van der Waals surface area contributed by atoms with Crippen molar-refractivity contribution in [1.29, 1.82) is 0 Å². The van der Waals surface area contributed by atoms with Crippen molar-refractivity contribution >= 4 is 18.6 Å². The summed E-state index contributed by atoms with van der Waals surface area (Å²) in [5.41, 5.74) is 1.06. The van der Waals surface area contributed by atoms with E-state index in [-0.39, 0.29) is 17.5 Å². The lowest BCUT2D eigenvalue weighted by Crippen LogP contribution is -2.58. The molecule has 4 rings (SSSR count). The van der Waals surface area contributed by atoms with Crippen molar-refractivity contribution in [2.75, 3.05) is 0 Å². The average molecular weight is 308 g/mol. The van der Waals surface area contributed by atoms with Crippen LogP contribution in [-0.2, 0) is 9.53 Å². The summed E-state index contributed by atoms with van der Waals surface area (Å²) >= 11 is 4.83. The minimum Gasteiger partial charge on any atom is -0.459 e. The zero-order chi connectivity index (χ0) is 15.4. The molecule has 0 aromatic carbocycles. The van der Waals surface area contributed by atoms with Gasteiger partial charge < -0.3 is 4.74 Å². The number of hydrogen-bond donors (Lipinski definition) is 1. The van der Waals surface area contributed by atoms with E-state index in [1.54, 1.807) is 6.92 Å². The molecule has 118 valence electrons. The second-order valence-electron chi connectivity index (χ2n) is 8.19. The average Bonchev–Trinajstić information content (AvgIpc) is 2.36. The molecule has 0 aliphatic heterocycles. The first kappa shape index (κ1) is 15.5. The van der Waals surface area contributed by atoms with Crippen LogP contribution in [0.25, 0.3) is 0 Å². The van der Waals surface area contributed by atoms with Gasteiger partial charge in [0.05, 0.1) is 0 Å². The van der Waals surface area contributed by atoms with E-state index in [9.17, 15) is 4.79 Å². The molecule has 4 aliphatic carbocycles. The second-order valence-corrected chi connectivity index (χ2v) is 8.96. The fraction of sp³-hybridized carbons (Fsp3) is 0.833. The molecule has 4 saturated carbocycles. The van der Waals surface area contributed by atoms with E-state index in [2.05, 4.69) is 20.4 Å². The standard InChI is InChI=1S/C18H28O2S/c1-11(2)16(19)20-12(3)17-6-14-5-15(7-17)9-18(8-14,10-17)13(4)21/h12-15,21H,1,5-10H2,2-4H3. The van der Waals surface area contributed by atoms with E-state index in [0.29, 0.717) is 16.2 Å². The number of carbonyl (C=O) groups is 1. The Labute approximate surface area is 134 Å². The molecule has 4 aliphatic rings. The molecular formula is C18H28O2S. The van der Waals surface area contributed by atoms with Crippen LogP contribution >= 0.6 is 12.6 Å². The normalized spacial score (nSPS) is 43.4. The van der Waals surface area contributed by atoms with Gasteiger partial charge in [-0.25, -0.2) is 4.79 Å². The topological polar surface area (TPSA) is 26.3 Å². The minimum absolute atomic E-state index is 0.000872. The Bertz CT molecular complexity index is 454. The van der Waals surface area contributed by atoms with Crippen molar-refractivity contribution < 1.29 is 9.53 Å². The van der Waals surface area contributed by atoms with E-state index in [4.69, 9.17) is 17.4 Å². The molecule has 0 radical (unpaired) electrons. The Hall–Kier alpha value is -0.440. The summed E-state index contributed by atoms with van der Waals surface area (Å²) in [7, 11) is 0. The van der Waals surface area contributed by atoms with Gasteiger partial charge in [-0.1, -0.05) is 13.5 Å². The Kier molecular flexibility index (Phi) is 3.71. The molecule has 3 heteroatoms. The van der Waals surface area contributed by atoms with E-state index in [1.165, 1.54) is 38.5 Å². The van der Waals surface area contributed by atoms with Gasteiger partial charge in [-0.05, 0) is 69.6 Å². The molecule has 0 N–H and O–H groups in total. The van der Waals surface area contributed by atoms with Gasteiger partial charge in [-0.3, -0.25) is 0 Å². The molecule has 4 atom stereocenters. The third kappa shape index (κ3) is 2.46. The molecule has 2 nitrogen and oxygen atoms in total. The van der Waals surface area contributed by atoms with Crippen LogP contribution in [0.4, 0.5) is 0 Å². The van der Waals surface area contributed by atoms with E-state index in [1.807, 2.05) is 0 Å². The van der Waals surface area contributed by atoms with Gasteiger partial charge in [0.25, 0.3) is 0 Å². The first-order valence-corrected chi connectivity index (χ1v) is 8.82. The summed E-state index contributed by atoms with van der Waals surface area (Å²) in [6.45, 7) is 9.80. The van der Waals surface area contributed by atoms with Gasteiger partial charge in [0.15, 0.2) is 0 Å². The highest BCUT2D eigenvalue weighted by Crippen LogP contribution is 2.68. The van der Waals surface area contributed by atoms with E-state index in [0.717, 1.165) is 11.8 Å². The monoisotopic (exact) mass is 308 g/mol. The number of carbonyl (C=O) groups excluding carboxylic acids is 1. The molecule has 0 amide bonds. The lowest BCUT2D eigenvalue weighted by Gasteiger charge is -2.64. The maximum Gasteiger partial charge on any atom is 0.333 e. The fourth-order valence-corrected chi connectivity index (χ4v) is 6.06. The molecule has 0 saturated heterocycles. The molecular weight excluding hydrogens is 280 g/mol. The van der Waals surface area contributed by atoms with Gasteiger partial charge in [0.2, 0.25) is 0 Å². The van der Waals surface area contributed by atoms with Gasteiger partial charge in [0, 0.05) is 16.2 Å². The zero-order valence-corrected chi connectivity index (χ0v) is 14.4. The summed E-state index contributed by atoms with van der Waals surface area (Å²) in [6.07, 6.45) is 7.69. The van der Waals surface area contributed by atoms with Crippen molar-refractivity contribution in [1.82, 2.24) is 0 Å². The van der Waals surface area contributed by atoms with Crippen molar-refractivity contribution in [3.63, 3.8) is 0 Å². The highest BCUT2D eigenvalue weighted by Gasteiger charge is 2.61. The predicted molar refractivity (Wildman–Crippen MR) is 88.4 cm³/mol. The molecule has 4 bridgehead atoms. The van der Waals surface area contributed by atoms with Crippen LogP contribution in [0.1, 0.15) is 59.3 Å². The number of esters is 1. The minimum atomic E-state index is -0.230. The molecule has 4 fully saturated rings. The van der Waals surface area contributed by atoms with Gasteiger partial charge in [-0.15, -0.1) is 0 Å². The summed E-state index contributed by atoms with van der Waals surface area (Å²) in [5, 5.41) is 0.437. The van der Waals surface area contributed by atoms with Gasteiger partial charge in [-0.2, -0.15) is 12.6 Å². The van der Waals surface area contributed by atoms with Crippen molar-refractivity contribution in [3.05, 3.63) is 12.2 Å². The molecule has 0 aromatic heterocycles. The molecule has 0 aromatic rings. The molecule has 21 heavy (non-hydrogen) atoms. The first-order valence-electron chi connectivity index (χ1n) is 8.31. The molecule has 4 unspecified atom stereocenters. The summed E-state index contributed by atoms with van der Waals surface area (Å²) in [4.78, 5) is 11.9. The molecule has 0 spiro atoms. The Morgan fingerprint density at radius 3 is 2.19 bits per heavy atom. The zero-order valence-electron chi connectivity index (χ0n) is 13.5. The smallest absolute Gasteiger partial charge is 0.333 e. The third-order valence-corrected chi connectivity index (χ3v) is 7.08. The fourth-order valence-electron chi connectivity index (χ4n) is 5.76. The number of hydrogen-bond acceptors (Lipinski definition) is 3. The maximum atomic E-state index is 11.9. The highest BCUT2D eigenvalue weighted by atomic mass is 32.1. The Morgan fingerprint density at radius 2 is 1.71 bits per heavy atom. The van der Waals surface area contributed by atoms with E-state index < -0.39 is 0 Å². The van der Waals surface area contributed by atoms with Crippen LogP contribution in [0, 0.1) is 22.7 Å². The Morgan fingerprint density at radius 1 is 1.19 bits per heavy atom. The van der Waals surface area contributed by atoms with Crippen LogP contribution < -0.4 is 0 Å². The van der Waals surface area contributed by atoms with Crippen molar-refractivity contribution in [2.45, 2.75) is 70.7 Å². The van der Waals surface area contributed by atoms with Crippen LogP contribution in [0.3, 0.4) is 0 Å². The van der Waals surface area contributed by atoms with Gasteiger partial charge in [0.1, 0.15) is 6.10 Å². The van der Waals surface area contributed by atoms with Crippen LogP contribution in [0.2, 0.25) is 0 Å². The summed E-state index contributed by atoms with van der Waals surface area (Å²) in [6, 6.07) is 0. The van der Waals surface area contributed by atoms with E-state index >= 15 is 0 Å². The molecule has 0 heterocycles. The van der Waals surface area contributed by atoms with Crippen LogP contribution in [0.5, 0.6) is 0 Å². The first-order chi connectivity index (χ1) is 9.76. The van der Waals surface area contributed by atoms with Crippen LogP contribution in [0.15, 0.2) is 12.2 Å². The lowest BCUT2D eigenvalue weighted by molar-refractivity contribution is -0.179. The predicted octanol–water partition coefficient (Wildman–Crippen LogP) is 4.40. The number of thiol groups is 1.